The smallest absolute Gasteiger partial charge is 0.249 e. The molecule has 4 aromatic rings. The number of carbonyl (C=O) groups excluding carboxylic acids is 2. The van der Waals surface area contributed by atoms with Gasteiger partial charge in [-0.15, -0.1) is 5.10 Å². The molecule has 0 bridgehead atoms. The number of rotatable bonds is 7. The first kappa shape index (κ1) is 23.7. The van der Waals surface area contributed by atoms with E-state index in [1.54, 1.807) is 0 Å². The lowest BCUT2D eigenvalue weighted by Gasteiger charge is -2.33. The van der Waals surface area contributed by atoms with Crippen molar-refractivity contribution >= 4 is 28.5 Å². The van der Waals surface area contributed by atoms with Crippen molar-refractivity contribution in [2.24, 2.45) is 0 Å². The lowest BCUT2D eigenvalue weighted by atomic mass is 9.94. The van der Waals surface area contributed by atoms with E-state index in [1.807, 2.05) is 54.6 Å². The number of carbonyl (C=O) groups is 2. The maximum Gasteiger partial charge on any atom is 0.249 e. The van der Waals surface area contributed by atoms with Crippen molar-refractivity contribution in [3.63, 3.8) is 0 Å². The van der Waals surface area contributed by atoms with Crippen molar-refractivity contribution in [2.45, 2.75) is 50.7 Å². The summed E-state index contributed by atoms with van der Waals surface area (Å²) in [7, 11) is 0. The highest BCUT2D eigenvalue weighted by Gasteiger charge is 2.34. The van der Waals surface area contributed by atoms with Crippen LogP contribution in [-0.4, -0.2) is 32.9 Å². The van der Waals surface area contributed by atoms with E-state index in [9.17, 15) is 14.0 Å². The van der Waals surface area contributed by atoms with Gasteiger partial charge >= 0.3 is 0 Å². The van der Waals surface area contributed by atoms with Crippen LogP contribution in [0.15, 0.2) is 78.9 Å². The molecule has 184 valence electrons. The average molecular weight is 486 g/mol. The zero-order chi connectivity index (χ0) is 24.9. The topological polar surface area (TPSA) is 80.1 Å². The number of amides is 2. The molecule has 1 aliphatic carbocycles. The van der Waals surface area contributed by atoms with Crippen molar-refractivity contribution in [1.29, 1.82) is 0 Å². The van der Waals surface area contributed by atoms with Gasteiger partial charge in [-0.05, 0) is 54.8 Å². The van der Waals surface area contributed by atoms with Gasteiger partial charge in [0.15, 0.2) is 0 Å². The molecular weight excluding hydrogens is 457 g/mol. The van der Waals surface area contributed by atoms with Crippen molar-refractivity contribution < 1.29 is 14.0 Å². The average Bonchev–Trinajstić information content (AvgIpc) is 3.31. The second-order valence-electron chi connectivity index (χ2n) is 9.13. The molecule has 2 amide bonds. The Bertz CT molecular complexity index is 1330. The van der Waals surface area contributed by atoms with Gasteiger partial charge in [-0.25, -0.2) is 9.07 Å². The Morgan fingerprint density at radius 1 is 0.944 bits per heavy atom. The molecule has 3 aromatic carbocycles. The van der Waals surface area contributed by atoms with E-state index in [0.29, 0.717) is 22.3 Å². The summed E-state index contributed by atoms with van der Waals surface area (Å²) in [5, 5.41) is 11.5. The van der Waals surface area contributed by atoms with Crippen LogP contribution in [0.25, 0.3) is 11.0 Å². The lowest BCUT2D eigenvalue weighted by molar-refractivity contribution is -0.127. The Balaban J connectivity index is 1.54. The van der Waals surface area contributed by atoms with Gasteiger partial charge in [0.25, 0.3) is 0 Å². The largest absolute Gasteiger partial charge is 0.351 e. The highest BCUT2D eigenvalue weighted by atomic mass is 19.1. The Labute approximate surface area is 208 Å². The summed E-state index contributed by atoms with van der Waals surface area (Å²) < 4.78 is 15.3. The van der Waals surface area contributed by atoms with Gasteiger partial charge < -0.3 is 5.32 Å². The van der Waals surface area contributed by atoms with E-state index in [1.165, 1.54) is 40.3 Å². The second kappa shape index (κ2) is 10.7. The van der Waals surface area contributed by atoms with E-state index in [2.05, 4.69) is 15.6 Å². The van der Waals surface area contributed by atoms with E-state index < -0.39 is 11.9 Å². The van der Waals surface area contributed by atoms with Crippen LogP contribution in [0, 0.1) is 5.82 Å². The van der Waals surface area contributed by atoms with E-state index in [0.717, 1.165) is 25.7 Å². The molecule has 0 aliphatic heterocycles. The first-order chi connectivity index (χ1) is 17.6. The van der Waals surface area contributed by atoms with E-state index in [4.69, 9.17) is 0 Å². The fourth-order valence-electron chi connectivity index (χ4n) is 4.86. The Kier molecular flexibility index (Phi) is 7.02. The van der Waals surface area contributed by atoms with E-state index >= 15 is 0 Å². The fraction of sp³-hybridized carbons (Fsp3) is 0.286. The van der Waals surface area contributed by atoms with Gasteiger partial charge in [0.1, 0.15) is 23.9 Å². The molecule has 8 heteroatoms. The molecule has 0 saturated heterocycles. The summed E-state index contributed by atoms with van der Waals surface area (Å²) in [4.78, 5) is 29.2. The summed E-state index contributed by atoms with van der Waals surface area (Å²) >= 11 is 0. The van der Waals surface area contributed by atoms with Crippen molar-refractivity contribution in [2.75, 3.05) is 4.90 Å². The monoisotopic (exact) mass is 485 g/mol. The molecule has 1 heterocycles. The predicted octanol–water partition coefficient (Wildman–Crippen LogP) is 4.79. The highest BCUT2D eigenvalue weighted by Crippen LogP contribution is 2.30. The van der Waals surface area contributed by atoms with Crippen molar-refractivity contribution in [3.8, 4) is 0 Å². The van der Waals surface area contributed by atoms with Gasteiger partial charge in [0.2, 0.25) is 11.8 Å². The summed E-state index contributed by atoms with van der Waals surface area (Å²) in [5.74, 6) is -1.03. The molecule has 0 unspecified atom stereocenters. The molecule has 5 rings (SSSR count). The fourth-order valence-corrected chi connectivity index (χ4v) is 4.86. The van der Waals surface area contributed by atoms with Gasteiger partial charge in [-0.1, -0.05) is 66.9 Å². The number of benzene rings is 3. The molecule has 1 aromatic heterocycles. The SMILES string of the molecule is O=C(NC1CCCCC1)[C@H](c1ccccc1)N(C(=O)Cn1nnc2ccccc21)c1ccc(F)cc1. The Morgan fingerprint density at radius 3 is 2.39 bits per heavy atom. The molecule has 36 heavy (non-hydrogen) atoms. The molecular formula is C28H28FN5O2. The third kappa shape index (κ3) is 5.12. The van der Waals surface area contributed by atoms with Gasteiger partial charge in [0.05, 0.1) is 5.52 Å². The normalized spacial score (nSPS) is 14.9. The van der Waals surface area contributed by atoms with Crippen LogP contribution in [0.4, 0.5) is 10.1 Å². The number of hydrogen-bond donors (Lipinski definition) is 1. The molecule has 0 radical (unpaired) electrons. The van der Waals surface area contributed by atoms with Crippen LogP contribution in [0.2, 0.25) is 0 Å². The number of anilines is 1. The predicted molar refractivity (Wildman–Crippen MR) is 136 cm³/mol. The minimum Gasteiger partial charge on any atom is -0.351 e. The molecule has 1 fully saturated rings. The molecule has 1 saturated carbocycles. The molecule has 1 N–H and O–H groups in total. The Hall–Kier alpha value is -4.07. The Morgan fingerprint density at radius 2 is 1.64 bits per heavy atom. The standard InChI is InChI=1S/C28H28FN5O2/c29-21-15-17-23(18-16-21)34(26(35)19-33-25-14-8-7-13-24(25)31-32-33)27(20-9-3-1-4-10-20)28(36)30-22-11-5-2-6-12-22/h1,3-4,7-10,13-18,22,27H,2,5-6,11-12,19H2,(H,30,36)/t27-/m0/s1. The van der Waals surface area contributed by atoms with Crippen LogP contribution in [-0.2, 0) is 16.1 Å². The van der Waals surface area contributed by atoms with Crippen molar-refractivity contribution in [1.82, 2.24) is 20.3 Å². The maximum absolute atomic E-state index is 13.9. The first-order valence-electron chi connectivity index (χ1n) is 12.3. The van der Waals surface area contributed by atoms with Crippen molar-refractivity contribution in [3.05, 3.63) is 90.2 Å². The third-order valence-electron chi connectivity index (χ3n) is 6.65. The van der Waals surface area contributed by atoms with Crippen LogP contribution < -0.4 is 10.2 Å². The van der Waals surface area contributed by atoms with Crippen LogP contribution >= 0.6 is 0 Å². The summed E-state index contributed by atoms with van der Waals surface area (Å²) in [6.45, 7) is -0.127. The molecule has 1 atom stereocenters. The number of halogens is 1. The quantitative estimate of drug-likeness (QED) is 0.408. The van der Waals surface area contributed by atoms with Gasteiger partial charge in [0, 0.05) is 11.7 Å². The molecule has 0 spiro atoms. The van der Waals surface area contributed by atoms with Crippen LogP contribution in [0.5, 0.6) is 0 Å². The van der Waals surface area contributed by atoms with Gasteiger partial charge in [-0.2, -0.15) is 0 Å². The number of nitrogens with zero attached hydrogens (tertiary/aromatic N) is 4. The highest BCUT2D eigenvalue weighted by molar-refractivity contribution is 6.01. The van der Waals surface area contributed by atoms with Gasteiger partial charge in [-0.3, -0.25) is 14.5 Å². The minimum atomic E-state index is -0.930. The number of nitrogens with one attached hydrogen (secondary N) is 1. The maximum atomic E-state index is 13.9. The number of fused-ring (bicyclic) bond motifs is 1. The summed E-state index contributed by atoms with van der Waals surface area (Å²) in [6, 6.07) is 21.4. The van der Waals surface area contributed by atoms with Crippen LogP contribution in [0.3, 0.4) is 0 Å². The number of para-hydroxylation sites is 1. The summed E-state index contributed by atoms with van der Waals surface area (Å²) in [5.41, 5.74) is 2.49. The molecule has 1 aliphatic rings. The van der Waals surface area contributed by atoms with E-state index in [-0.39, 0.29) is 24.4 Å². The minimum absolute atomic E-state index is 0.0712. The third-order valence-corrected chi connectivity index (χ3v) is 6.65. The number of aromatic nitrogens is 3. The first-order valence-corrected chi connectivity index (χ1v) is 12.3. The lowest BCUT2D eigenvalue weighted by Crippen LogP contribution is -2.48. The number of hydrogen-bond acceptors (Lipinski definition) is 4. The second-order valence-corrected chi connectivity index (χ2v) is 9.13. The molecule has 7 nitrogen and oxygen atoms in total. The zero-order valence-corrected chi connectivity index (χ0v) is 19.9. The zero-order valence-electron chi connectivity index (χ0n) is 19.9. The van der Waals surface area contributed by atoms with Crippen LogP contribution in [0.1, 0.15) is 43.7 Å². The summed E-state index contributed by atoms with van der Waals surface area (Å²) in [6.07, 6.45) is 5.15.